The molecule has 84 valence electrons. The van der Waals surface area contributed by atoms with Gasteiger partial charge in [-0.3, -0.25) is 0 Å². The summed E-state index contributed by atoms with van der Waals surface area (Å²) in [7, 11) is 0. The van der Waals surface area contributed by atoms with Crippen molar-refractivity contribution in [1.29, 1.82) is 0 Å². The number of nitrogens with zero attached hydrogens (tertiary/aromatic N) is 1. The summed E-state index contributed by atoms with van der Waals surface area (Å²) in [6.45, 7) is 8.45. The van der Waals surface area contributed by atoms with E-state index >= 15 is 0 Å². The van der Waals surface area contributed by atoms with Crippen molar-refractivity contribution in [3.05, 3.63) is 33.1 Å². The largest absolute Gasteiger partial charge is 0.343 e. The van der Waals surface area contributed by atoms with Crippen LogP contribution in [0.5, 0.6) is 0 Å². The SMILES string of the molecule is CCc1cc2c(C)c(C)c(C)[nH]c-2nc1=S. The Morgan fingerprint density at radius 2 is 1.94 bits per heavy atom. The maximum absolute atomic E-state index is 5.27. The molecule has 0 radical (unpaired) electrons. The molecule has 3 heteroatoms. The Labute approximate surface area is 101 Å². The average molecular weight is 232 g/mol. The topological polar surface area (TPSA) is 28.7 Å². The first-order valence-corrected chi connectivity index (χ1v) is 5.95. The third kappa shape index (κ3) is 1.65. The van der Waals surface area contributed by atoms with Gasteiger partial charge >= 0.3 is 0 Å². The summed E-state index contributed by atoms with van der Waals surface area (Å²) in [5.41, 5.74) is 6.10. The van der Waals surface area contributed by atoms with Crippen molar-refractivity contribution in [2.45, 2.75) is 34.1 Å². The third-order valence-corrected chi connectivity index (χ3v) is 3.63. The lowest BCUT2D eigenvalue weighted by Gasteiger charge is -2.15. The van der Waals surface area contributed by atoms with Gasteiger partial charge in [-0.2, -0.15) is 0 Å². The van der Waals surface area contributed by atoms with Crippen LogP contribution in [0.25, 0.3) is 11.4 Å². The van der Waals surface area contributed by atoms with Crippen LogP contribution in [0.4, 0.5) is 0 Å². The van der Waals surface area contributed by atoms with E-state index in [0.29, 0.717) is 4.64 Å². The smallest absolute Gasteiger partial charge is 0.139 e. The summed E-state index contributed by atoms with van der Waals surface area (Å²) in [6, 6.07) is 2.17. The second-order valence-electron chi connectivity index (χ2n) is 4.20. The Morgan fingerprint density at radius 3 is 2.56 bits per heavy atom. The molecule has 2 aliphatic rings. The minimum Gasteiger partial charge on any atom is -0.343 e. The lowest BCUT2D eigenvalue weighted by molar-refractivity contribution is 1.03. The van der Waals surface area contributed by atoms with Gasteiger partial charge in [0.1, 0.15) is 10.5 Å². The molecule has 0 bridgehead atoms. The molecular formula is C13H16N2S. The van der Waals surface area contributed by atoms with Gasteiger partial charge in [0.05, 0.1) is 0 Å². The number of rotatable bonds is 1. The number of fused-ring (bicyclic) bond motifs is 1. The molecule has 0 amide bonds. The zero-order valence-electron chi connectivity index (χ0n) is 10.1. The molecule has 2 heterocycles. The fraction of sp³-hybridized carbons (Fsp3) is 0.385. The predicted octanol–water partition coefficient (Wildman–Crippen LogP) is 3.73. The molecule has 0 aromatic heterocycles. The highest BCUT2D eigenvalue weighted by Crippen LogP contribution is 2.27. The minimum atomic E-state index is 0.717. The first kappa shape index (κ1) is 11.3. The van der Waals surface area contributed by atoms with Crippen LogP contribution in [-0.2, 0) is 6.42 Å². The maximum Gasteiger partial charge on any atom is 0.139 e. The van der Waals surface area contributed by atoms with Crippen LogP contribution in [0.2, 0.25) is 0 Å². The van der Waals surface area contributed by atoms with E-state index in [-0.39, 0.29) is 0 Å². The number of hydrogen-bond acceptors (Lipinski definition) is 2. The molecule has 0 saturated heterocycles. The van der Waals surface area contributed by atoms with Crippen LogP contribution in [-0.4, -0.2) is 9.97 Å². The summed E-state index contributed by atoms with van der Waals surface area (Å²) < 4.78 is 0.717. The molecule has 0 fully saturated rings. The van der Waals surface area contributed by atoms with Crippen LogP contribution in [0, 0.1) is 25.4 Å². The van der Waals surface area contributed by atoms with Gasteiger partial charge in [0.25, 0.3) is 0 Å². The zero-order valence-corrected chi connectivity index (χ0v) is 11.0. The molecule has 2 aliphatic heterocycles. The Kier molecular flexibility index (Phi) is 2.80. The number of aryl methyl sites for hydroxylation is 2. The highest BCUT2D eigenvalue weighted by molar-refractivity contribution is 7.71. The van der Waals surface area contributed by atoms with Crippen molar-refractivity contribution in [3.63, 3.8) is 0 Å². The van der Waals surface area contributed by atoms with E-state index in [0.717, 1.165) is 23.5 Å². The first-order chi connectivity index (χ1) is 7.54. The van der Waals surface area contributed by atoms with Crippen molar-refractivity contribution in [2.24, 2.45) is 0 Å². The van der Waals surface area contributed by atoms with Gasteiger partial charge in [-0.1, -0.05) is 19.1 Å². The molecule has 0 atom stereocenters. The monoisotopic (exact) mass is 232 g/mol. The van der Waals surface area contributed by atoms with Gasteiger partial charge in [-0.25, -0.2) is 4.98 Å². The number of pyridine rings is 2. The third-order valence-electron chi connectivity index (χ3n) is 3.28. The van der Waals surface area contributed by atoms with Gasteiger partial charge in [-0.15, -0.1) is 0 Å². The van der Waals surface area contributed by atoms with E-state index < -0.39 is 0 Å². The van der Waals surface area contributed by atoms with Crippen LogP contribution >= 0.6 is 12.2 Å². The Bertz CT molecular complexity index is 569. The van der Waals surface area contributed by atoms with Crippen LogP contribution < -0.4 is 0 Å². The van der Waals surface area contributed by atoms with Crippen LogP contribution in [0.3, 0.4) is 0 Å². The molecule has 0 spiro atoms. The van der Waals surface area contributed by atoms with E-state index in [1.54, 1.807) is 0 Å². The van der Waals surface area contributed by atoms with Crippen molar-refractivity contribution in [3.8, 4) is 11.4 Å². The minimum absolute atomic E-state index is 0.717. The lowest BCUT2D eigenvalue weighted by Crippen LogP contribution is -2.02. The van der Waals surface area contributed by atoms with Crippen LogP contribution in [0.1, 0.15) is 29.3 Å². The van der Waals surface area contributed by atoms with Crippen LogP contribution in [0.15, 0.2) is 6.07 Å². The number of hydrogen-bond donors (Lipinski definition) is 1. The summed E-state index contributed by atoms with van der Waals surface area (Å²) in [6.07, 6.45) is 0.939. The number of aromatic nitrogens is 2. The van der Waals surface area contributed by atoms with Gasteiger partial charge in [-0.05, 0) is 49.9 Å². The maximum atomic E-state index is 5.27. The van der Waals surface area contributed by atoms with Crippen molar-refractivity contribution in [2.75, 3.05) is 0 Å². The number of nitrogens with one attached hydrogen (secondary N) is 1. The Morgan fingerprint density at radius 1 is 1.25 bits per heavy atom. The number of H-pyrrole nitrogens is 1. The van der Waals surface area contributed by atoms with Crippen molar-refractivity contribution >= 4 is 12.2 Å². The molecule has 0 saturated carbocycles. The van der Waals surface area contributed by atoms with Gasteiger partial charge in [0.15, 0.2) is 0 Å². The lowest BCUT2D eigenvalue weighted by atomic mass is 10.00. The molecule has 0 aromatic carbocycles. The highest BCUT2D eigenvalue weighted by atomic mass is 32.1. The second kappa shape index (κ2) is 3.98. The molecule has 0 unspecified atom stereocenters. The molecular weight excluding hydrogens is 216 g/mol. The molecule has 0 aromatic rings. The Balaban J connectivity index is 2.88. The molecule has 16 heavy (non-hydrogen) atoms. The van der Waals surface area contributed by atoms with Crippen molar-refractivity contribution in [1.82, 2.24) is 9.97 Å². The quantitative estimate of drug-likeness (QED) is 0.759. The fourth-order valence-corrected chi connectivity index (χ4v) is 2.22. The fourth-order valence-electron chi connectivity index (χ4n) is 1.93. The number of aromatic amines is 1. The first-order valence-electron chi connectivity index (χ1n) is 5.54. The summed E-state index contributed by atoms with van der Waals surface area (Å²) in [5.74, 6) is 0.905. The second-order valence-corrected chi connectivity index (χ2v) is 4.59. The molecule has 1 N–H and O–H groups in total. The van der Waals surface area contributed by atoms with E-state index in [2.05, 4.69) is 43.7 Å². The van der Waals surface area contributed by atoms with E-state index in [1.807, 2.05) is 0 Å². The Hall–Kier alpha value is -1.22. The molecule has 0 aliphatic carbocycles. The summed E-state index contributed by atoms with van der Waals surface area (Å²) in [4.78, 5) is 7.78. The molecule has 2 nitrogen and oxygen atoms in total. The highest BCUT2D eigenvalue weighted by Gasteiger charge is 2.12. The van der Waals surface area contributed by atoms with E-state index in [4.69, 9.17) is 12.2 Å². The zero-order chi connectivity index (χ0) is 11.9. The van der Waals surface area contributed by atoms with Gasteiger partial charge < -0.3 is 4.98 Å². The summed E-state index contributed by atoms with van der Waals surface area (Å²) in [5, 5.41) is 0. The van der Waals surface area contributed by atoms with E-state index in [1.165, 1.54) is 16.7 Å². The van der Waals surface area contributed by atoms with Gasteiger partial charge in [0, 0.05) is 11.3 Å². The average Bonchev–Trinajstić information content (AvgIpc) is 2.26. The normalized spacial score (nSPS) is 11.0. The van der Waals surface area contributed by atoms with Crippen molar-refractivity contribution < 1.29 is 0 Å². The van der Waals surface area contributed by atoms with E-state index in [9.17, 15) is 0 Å². The summed E-state index contributed by atoms with van der Waals surface area (Å²) >= 11 is 5.27. The molecule has 2 rings (SSSR count). The van der Waals surface area contributed by atoms with Gasteiger partial charge in [0.2, 0.25) is 0 Å². The standard InChI is InChI=1S/C13H16N2S/c1-5-10-6-11-8(3)7(2)9(4)14-12(11)15-13(10)16/h6H,5H2,1-4H3,(H,14,15,16). The predicted molar refractivity (Wildman–Crippen MR) is 69.6 cm³/mol.